The van der Waals surface area contributed by atoms with Crippen LogP contribution < -0.4 is 15.5 Å². The van der Waals surface area contributed by atoms with Crippen molar-refractivity contribution in [3.8, 4) is 11.3 Å². The number of hydrogen-bond donors (Lipinski definition) is 2. The van der Waals surface area contributed by atoms with Crippen LogP contribution in [0.25, 0.3) is 11.3 Å². The van der Waals surface area contributed by atoms with Gasteiger partial charge in [-0.05, 0) is 43.7 Å². The van der Waals surface area contributed by atoms with Gasteiger partial charge in [0.2, 0.25) is 5.95 Å². The summed E-state index contributed by atoms with van der Waals surface area (Å²) in [4.78, 5) is 21.7. The van der Waals surface area contributed by atoms with Crippen LogP contribution in [-0.2, 0) is 15.7 Å². The fourth-order valence-electron chi connectivity index (χ4n) is 4.23. The van der Waals surface area contributed by atoms with Crippen molar-refractivity contribution in [3.63, 3.8) is 0 Å². The average molecular weight is 487 g/mol. The molecular weight excluding hydrogens is 463 g/mol. The summed E-state index contributed by atoms with van der Waals surface area (Å²) in [5, 5.41) is 10.5. The number of halogens is 3. The predicted octanol–water partition coefficient (Wildman–Crippen LogP) is 3.39. The number of morpholine rings is 1. The van der Waals surface area contributed by atoms with Crippen molar-refractivity contribution >= 4 is 23.2 Å². The highest BCUT2D eigenvalue weighted by Crippen LogP contribution is 2.36. The standard InChI is InChI=1S/C23H24F3N7O2/c24-23(25,26)19-12-28-22(30-16-3-5-17(6-4-16)32-8-9-35-14-20(32)34)31-21(19)15-10-29-33(13-15)18-2-1-7-27-11-18/h3-6,10,12-13,18,27H,1-2,7-9,11,14H2,(H,28,30,31). The van der Waals surface area contributed by atoms with Gasteiger partial charge in [-0.2, -0.15) is 18.3 Å². The molecule has 2 saturated heterocycles. The van der Waals surface area contributed by atoms with Crippen molar-refractivity contribution in [2.75, 3.05) is 43.1 Å². The van der Waals surface area contributed by atoms with Gasteiger partial charge in [0.15, 0.2) is 0 Å². The van der Waals surface area contributed by atoms with Gasteiger partial charge < -0.3 is 20.3 Å². The summed E-state index contributed by atoms with van der Waals surface area (Å²) in [6.45, 7) is 2.60. The summed E-state index contributed by atoms with van der Waals surface area (Å²) in [5.41, 5.74) is 0.396. The third-order valence-electron chi connectivity index (χ3n) is 6.04. The number of rotatable bonds is 5. The molecule has 2 aromatic heterocycles. The molecule has 3 aromatic rings. The van der Waals surface area contributed by atoms with Crippen LogP contribution in [0.5, 0.6) is 0 Å². The fourth-order valence-corrected chi connectivity index (χ4v) is 4.23. The molecule has 12 heteroatoms. The smallest absolute Gasteiger partial charge is 0.370 e. The van der Waals surface area contributed by atoms with Gasteiger partial charge in [-0.25, -0.2) is 9.97 Å². The van der Waals surface area contributed by atoms with Gasteiger partial charge in [0, 0.05) is 42.4 Å². The van der Waals surface area contributed by atoms with Crippen LogP contribution in [0.1, 0.15) is 24.4 Å². The normalized spacial score (nSPS) is 19.1. The molecular formula is C23H24F3N7O2. The maximum absolute atomic E-state index is 13.7. The molecule has 1 aromatic carbocycles. The minimum atomic E-state index is -4.62. The molecule has 0 radical (unpaired) electrons. The SMILES string of the molecule is O=C1COCCN1c1ccc(Nc2ncc(C(F)(F)F)c(-c3cnn(C4CCCNC4)c3)n2)cc1. The molecule has 5 rings (SSSR count). The molecule has 9 nitrogen and oxygen atoms in total. The van der Waals surface area contributed by atoms with E-state index in [1.54, 1.807) is 40.0 Å². The van der Waals surface area contributed by atoms with Gasteiger partial charge in [0.1, 0.15) is 12.2 Å². The van der Waals surface area contributed by atoms with E-state index in [1.807, 2.05) is 0 Å². The topological polar surface area (TPSA) is 97.2 Å². The van der Waals surface area contributed by atoms with Crippen molar-refractivity contribution in [2.24, 2.45) is 0 Å². The zero-order valence-electron chi connectivity index (χ0n) is 18.8. The molecule has 2 N–H and O–H groups in total. The lowest BCUT2D eigenvalue weighted by Gasteiger charge is -2.26. The maximum atomic E-state index is 13.7. The fraction of sp³-hybridized carbons (Fsp3) is 0.391. The Morgan fingerprint density at radius 3 is 2.71 bits per heavy atom. The van der Waals surface area contributed by atoms with Crippen molar-refractivity contribution in [1.82, 2.24) is 25.1 Å². The van der Waals surface area contributed by atoms with Crippen LogP contribution in [0.4, 0.5) is 30.5 Å². The number of hydrogen-bond acceptors (Lipinski definition) is 7. The maximum Gasteiger partial charge on any atom is 0.419 e. The Balaban J connectivity index is 1.39. The molecule has 0 bridgehead atoms. The van der Waals surface area contributed by atoms with E-state index in [2.05, 4.69) is 25.7 Å². The summed E-state index contributed by atoms with van der Waals surface area (Å²) in [7, 11) is 0. The summed E-state index contributed by atoms with van der Waals surface area (Å²) in [5.74, 6) is -0.104. The minimum Gasteiger partial charge on any atom is -0.370 e. The summed E-state index contributed by atoms with van der Waals surface area (Å²) in [6, 6.07) is 7.01. The lowest BCUT2D eigenvalue weighted by atomic mass is 10.1. The van der Waals surface area contributed by atoms with Crippen molar-refractivity contribution in [3.05, 3.63) is 48.4 Å². The van der Waals surface area contributed by atoms with Gasteiger partial charge >= 0.3 is 6.18 Å². The molecule has 184 valence electrons. The highest BCUT2D eigenvalue weighted by Gasteiger charge is 2.36. The molecule has 35 heavy (non-hydrogen) atoms. The van der Waals surface area contributed by atoms with Crippen LogP contribution >= 0.6 is 0 Å². The van der Waals surface area contributed by atoms with Gasteiger partial charge in [-0.1, -0.05) is 0 Å². The van der Waals surface area contributed by atoms with Crippen molar-refractivity contribution < 1.29 is 22.7 Å². The molecule has 0 aliphatic carbocycles. The average Bonchev–Trinajstić information content (AvgIpc) is 3.35. The Morgan fingerprint density at radius 1 is 1.17 bits per heavy atom. The molecule has 1 unspecified atom stereocenters. The predicted molar refractivity (Wildman–Crippen MR) is 122 cm³/mol. The lowest BCUT2D eigenvalue weighted by molar-refractivity contribution is -0.137. The molecule has 0 spiro atoms. The van der Waals surface area contributed by atoms with Crippen molar-refractivity contribution in [1.29, 1.82) is 0 Å². The molecule has 2 aliphatic rings. The number of anilines is 3. The monoisotopic (exact) mass is 487 g/mol. The van der Waals surface area contributed by atoms with E-state index in [-0.39, 0.29) is 35.8 Å². The van der Waals surface area contributed by atoms with Gasteiger partial charge in [0.25, 0.3) is 5.91 Å². The number of carbonyl (C=O) groups is 1. The minimum absolute atomic E-state index is 0.0234. The Hall–Kier alpha value is -3.51. The van der Waals surface area contributed by atoms with E-state index < -0.39 is 11.7 Å². The number of carbonyl (C=O) groups excluding carboxylic acids is 1. The first kappa shape index (κ1) is 23.2. The first-order valence-electron chi connectivity index (χ1n) is 11.3. The Kier molecular flexibility index (Phi) is 6.39. The molecule has 2 aliphatic heterocycles. The van der Waals surface area contributed by atoms with Crippen LogP contribution in [0.2, 0.25) is 0 Å². The Morgan fingerprint density at radius 2 is 2.00 bits per heavy atom. The first-order chi connectivity index (χ1) is 16.9. The number of amides is 1. The third-order valence-corrected chi connectivity index (χ3v) is 6.04. The van der Waals surface area contributed by atoms with E-state index in [0.29, 0.717) is 24.5 Å². The second-order valence-corrected chi connectivity index (χ2v) is 8.43. The molecule has 1 atom stereocenters. The number of nitrogens with zero attached hydrogens (tertiary/aromatic N) is 5. The van der Waals surface area contributed by atoms with E-state index in [1.165, 1.54) is 6.20 Å². The van der Waals surface area contributed by atoms with Crippen molar-refractivity contribution in [2.45, 2.75) is 25.1 Å². The van der Waals surface area contributed by atoms with Gasteiger partial charge in [-0.15, -0.1) is 0 Å². The number of aromatic nitrogens is 4. The molecule has 0 saturated carbocycles. The first-order valence-corrected chi connectivity index (χ1v) is 11.3. The number of benzene rings is 1. The quantitative estimate of drug-likeness (QED) is 0.570. The molecule has 1 amide bonds. The van der Waals surface area contributed by atoms with E-state index in [9.17, 15) is 18.0 Å². The van der Waals surface area contributed by atoms with Gasteiger partial charge in [-0.3, -0.25) is 9.48 Å². The Labute approximate surface area is 199 Å². The zero-order valence-corrected chi connectivity index (χ0v) is 18.8. The van der Waals surface area contributed by atoms with Crippen LogP contribution in [-0.4, -0.2) is 58.5 Å². The lowest BCUT2D eigenvalue weighted by Crippen LogP contribution is -2.41. The second kappa shape index (κ2) is 9.62. The summed E-state index contributed by atoms with van der Waals surface area (Å²) in [6.07, 6.45) is 1.06. The third kappa shape index (κ3) is 5.13. The van der Waals surface area contributed by atoms with Crippen LogP contribution in [0.15, 0.2) is 42.9 Å². The number of nitrogens with one attached hydrogen (secondary N) is 2. The zero-order chi connectivity index (χ0) is 24.4. The highest BCUT2D eigenvalue weighted by atomic mass is 19.4. The number of piperidine rings is 1. The van der Waals surface area contributed by atoms with E-state index in [4.69, 9.17) is 4.74 Å². The van der Waals surface area contributed by atoms with E-state index in [0.717, 1.165) is 32.1 Å². The second-order valence-electron chi connectivity index (χ2n) is 8.43. The van der Waals surface area contributed by atoms with Crippen LogP contribution in [0.3, 0.4) is 0 Å². The summed E-state index contributed by atoms with van der Waals surface area (Å²) >= 11 is 0. The van der Waals surface area contributed by atoms with E-state index >= 15 is 0 Å². The Bertz CT molecular complexity index is 1190. The van der Waals surface area contributed by atoms with Gasteiger partial charge in [0.05, 0.1) is 24.5 Å². The molecule has 4 heterocycles. The number of alkyl halides is 3. The molecule has 2 fully saturated rings. The number of ether oxygens (including phenoxy) is 1. The largest absolute Gasteiger partial charge is 0.419 e. The summed E-state index contributed by atoms with van der Waals surface area (Å²) < 4.78 is 48.0. The van der Waals surface area contributed by atoms with Crippen LogP contribution in [0, 0.1) is 0 Å². The highest BCUT2D eigenvalue weighted by molar-refractivity contribution is 5.95.